The third-order valence-electron chi connectivity index (χ3n) is 4.46. The third-order valence-corrected chi connectivity index (χ3v) is 4.46. The molecule has 0 unspecified atom stereocenters. The summed E-state index contributed by atoms with van der Waals surface area (Å²) in [5, 5.41) is 0.811. The Morgan fingerprint density at radius 3 is 2.52 bits per heavy atom. The molecular formula is C21H21F3N2O. The highest BCUT2D eigenvalue weighted by molar-refractivity contribution is 5.98. The highest BCUT2D eigenvalue weighted by atomic mass is 19.3. The Bertz CT molecular complexity index is 936. The molecule has 1 amide bonds. The highest BCUT2D eigenvalue weighted by Gasteiger charge is 2.23. The van der Waals surface area contributed by atoms with E-state index in [-0.39, 0.29) is 24.6 Å². The maximum absolute atomic E-state index is 14.2. The van der Waals surface area contributed by atoms with Gasteiger partial charge in [0, 0.05) is 23.0 Å². The minimum absolute atomic E-state index is 0.149. The number of fused-ring (bicyclic) bond motifs is 1. The largest absolute Gasteiger partial charge is 0.332 e. The molecule has 0 spiro atoms. The zero-order chi connectivity index (χ0) is 19.4. The summed E-state index contributed by atoms with van der Waals surface area (Å²) in [5.74, 6) is -0.837. The van der Waals surface area contributed by atoms with Crippen LogP contribution >= 0.6 is 0 Å². The molecule has 3 rings (SSSR count). The van der Waals surface area contributed by atoms with Crippen molar-refractivity contribution in [3.05, 3.63) is 71.7 Å². The summed E-state index contributed by atoms with van der Waals surface area (Å²) in [6.07, 6.45) is -2.03. The molecule has 0 saturated heterocycles. The minimum atomic E-state index is -2.61. The lowest BCUT2D eigenvalue weighted by atomic mass is 10.2. The molecule has 1 heterocycles. The number of halogens is 3. The molecule has 1 aromatic heterocycles. The third kappa shape index (κ3) is 4.15. The highest BCUT2D eigenvalue weighted by Crippen LogP contribution is 2.23. The van der Waals surface area contributed by atoms with Gasteiger partial charge in [0.1, 0.15) is 11.5 Å². The summed E-state index contributed by atoms with van der Waals surface area (Å²) >= 11 is 0. The van der Waals surface area contributed by atoms with Crippen molar-refractivity contribution >= 4 is 16.8 Å². The smallest absolute Gasteiger partial charge is 0.270 e. The van der Waals surface area contributed by atoms with E-state index >= 15 is 0 Å². The van der Waals surface area contributed by atoms with Gasteiger partial charge in [-0.1, -0.05) is 43.3 Å². The summed E-state index contributed by atoms with van der Waals surface area (Å²) < 4.78 is 41.7. The second kappa shape index (κ2) is 8.29. The Balaban J connectivity index is 2.06. The van der Waals surface area contributed by atoms with E-state index in [2.05, 4.69) is 0 Å². The van der Waals surface area contributed by atoms with Gasteiger partial charge in [-0.15, -0.1) is 0 Å². The molecule has 0 N–H and O–H groups in total. The molecule has 27 heavy (non-hydrogen) atoms. The second-order valence-electron chi connectivity index (χ2n) is 6.41. The number of aromatic nitrogens is 1. The van der Waals surface area contributed by atoms with Gasteiger partial charge in [0.05, 0.1) is 13.1 Å². The maximum Gasteiger partial charge on any atom is 0.270 e. The molecule has 6 heteroatoms. The quantitative estimate of drug-likeness (QED) is 0.575. The number of nitrogens with zero attached hydrogens (tertiary/aromatic N) is 2. The number of rotatable bonds is 7. The van der Waals surface area contributed by atoms with E-state index in [0.717, 1.165) is 15.8 Å². The number of hydrogen-bond donors (Lipinski definition) is 0. The van der Waals surface area contributed by atoms with Crippen LogP contribution in [-0.4, -0.2) is 34.9 Å². The molecule has 2 aromatic carbocycles. The fraction of sp³-hybridized carbons (Fsp3) is 0.286. The maximum atomic E-state index is 14.2. The molecule has 0 bridgehead atoms. The summed E-state index contributed by atoms with van der Waals surface area (Å²) in [6, 6.07) is 15.4. The monoisotopic (exact) mass is 374 g/mol. The zero-order valence-corrected chi connectivity index (χ0v) is 15.0. The Kier molecular flexibility index (Phi) is 5.84. The van der Waals surface area contributed by atoms with Gasteiger partial charge in [0.15, 0.2) is 0 Å². The van der Waals surface area contributed by atoms with Crippen molar-refractivity contribution in [2.45, 2.75) is 26.3 Å². The second-order valence-corrected chi connectivity index (χ2v) is 6.41. The molecule has 142 valence electrons. The van der Waals surface area contributed by atoms with Crippen LogP contribution in [0.5, 0.6) is 0 Å². The van der Waals surface area contributed by atoms with Crippen molar-refractivity contribution in [3.8, 4) is 0 Å². The molecule has 0 aliphatic rings. The number of carbonyl (C=O) groups excluding carboxylic acids is 1. The van der Waals surface area contributed by atoms with Crippen molar-refractivity contribution < 1.29 is 18.0 Å². The average molecular weight is 374 g/mol. The van der Waals surface area contributed by atoms with Crippen LogP contribution in [0.2, 0.25) is 0 Å². The molecule has 0 radical (unpaired) electrons. The SMILES string of the molecule is CCCN(CC(F)F)C(=O)c1cc2ccccc2n1Cc1ccccc1F. The van der Waals surface area contributed by atoms with Crippen LogP contribution in [0.3, 0.4) is 0 Å². The predicted molar refractivity (Wildman–Crippen MR) is 99.6 cm³/mol. The Hall–Kier alpha value is -2.76. The van der Waals surface area contributed by atoms with Gasteiger partial charge in [0.2, 0.25) is 0 Å². The average Bonchev–Trinajstić information content (AvgIpc) is 3.01. The van der Waals surface area contributed by atoms with Crippen LogP contribution in [0, 0.1) is 5.82 Å². The molecule has 0 aliphatic heterocycles. The van der Waals surface area contributed by atoms with E-state index in [1.807, 2.05) is 31.2 Å². The normalized spacial score (nSPS) is 11.3. The van der Waals surface area contributed by atoms with Gasteiger partial charge < -0.3 is 9.47 Å². The molecule has 0 fully saturated rings. The van der Waals surface area contributed by atoms with Gasteiger partial charge in [0.25, 0.3) is 12.3 Å². The first kappa shape index (κ1) is 19.0. The first-order valence-electron chi connectivity index (χ1n) is 8.90. The fourth-order valence-electron chi connectivity index (χ4n) is 3.23. The summed E-state index contributed by atoms with van der Waals surface area (Å²) in [6.45, 7) is 1.61. The lowest BCUT2D eigenvalue weighted by Crippen LogP contribution is -2.37. The molecule has 0 atom stereocenters. The lowest BCUT2D eigenvalue weighted by Gasteiger charge is -2.22. The van der Waals surface area contributed by atoms with E-state index < -0.39 is 18.9 Å². The first-order chi connectivity index (χ1) is 13.0. The first-order valence-corrected chi connectivity index (χ1v) is 8.90. The van der Waals surface area contributed by atoms with Crippen LogP contribution in [0.15, 0.2) is 54.6 Å². The van der Waals surface area contributed by atoms with Gasteiger partial charge in [-0.25, -0.2) is 13.2 Å². The molecular weight excluding hydrogens is 353 g/mol. The van der Waals surface area contributed by atoms with E-state index in [1.54, 1.807) is 28.8 Å². The lowest BCUT2D eigenvalue weighted by molar-refractivity contribution is 0.0547. The van der Waals surface area contributed by atoms with Crippen molar-refractivity contribution in [2.75, 3.05) is 13.1 Å². The molecule has 3 aromatic rings. The number of alkyl halides is 2. The molecule has 0 saturated carbocycles. The number of hydrogen-bond acceptors (Lipinski definition) is 1. The number of benzene rings is 2. The van der Waals surface area contributed by atoms with Crippen LogP contribution in [0.25, 0.3) is 10.9 Å². The fourth-order valence-corrected chi connectivity index (χ4v) is 3.23. The number of amides is 1. The summed E-state index contributed by atoms with van der Waals surface area (Å²) in [7, 11) is 0. The standard InChI is InChI=1S/C21H21F3N2O/c1-2-11-25(14-20(23)24)21(27)19-12-15-7-4-6-10-18(15)26(19)13-16-8-3-5-9-17(16)22/h3-10,12,20H,2,11,13-14H2,1H3. The van der Waals surface area contributed by atoms with Gasteiger partial charge in [-0.2, -0.15) is 0 Å². The topological polar surface area (TPSA) is 25.2 Å². The van der Waals surface area contributed by atoms with E-state index in [4.69, 9.17) is 0 Å². The Labute approximate surface area is 156 Å². The van der Waals surface area contributed by atoms with Crippen LogP contribution in [0.4, 0.5) is 13.2 Å². The van der Waals surface area contributed by atoms with E-state index in [1.165, 1.54) is 6.07 Å². The molecule has 0 aliphatic carbocycles. The van der Waals surface area contributed by atoms with Crippen molar-refractivity contribution in [3.63, 3.8) is 0 Å². The number of carbonyl (C=O) groups is 1. The van der Waals surface area contributed by atoms with E-state index in [9.17, 15) is 18.0 Å². The van der Waals surface area contributed by atoms with Crippen molar-refractivity contribution in [2.24, 2.45) is 0 Å². The Morgan fingerprint density at radius 2 is 1.81 bits per heavy atom. The molecule has 3 nitrogen and oxygen atoms in total. The summed E-state index contributed by atoms with van der Waals surface area (Å²) in [5.41, 5.74) is 1.48. The Morgan fingerprint density at radius 1 is 1.11 bits per heavy atom. The predicted octanol–water partition coefficient (Wildman–Crippen LogP) is 4.95. The van der Waals surface area contributed by atoms with E-state index in [0.29, 0.717) is 12.0 Å². The van der Waals surface area contributed by atoms with Crippen LogP contribution in [-0.2, 0) is 6.54 Å². The van der Waals surface area contributed by atoms with Crippen molar-refractivity contribution in [1.82, 2.24) is 9.47 Å². The minimum Gasteiger partial charge on any atom is -0.332 e. The van der Waals surface area contributed by atoms with Crippen LogP contribution in [0.1, 0.15) is 29.4 Å². The zero-order valence-electron chi connectivity index (χ0n) is 15.0. The summed E-state index contributed by atoms with van der Waals surface area (Å²) in [4.78, 5) is 14.2. The van der Waals surface area contributed by atoms with Crippen molar-refractivity contribution in [1.29, 1.82) is 0 Å². The number of para-hydroxylation sites is 1. The van der Waals surface area contributed by atoms with Gasteiger partial charge in [-0.05, 0) is 24.6 Å². The van der Waals surface area contributed by atoms with Gasteiger partial charge >= 0.3 is 0 Å². The van der Waals surface area contributed by atoms with Crippen LogP contribution < -0.4 is 0 Å². The van der Waals surface area contributed by atoms with Gasteiger partial charge in [-0.3, -0.25) is 4.79 Å².